The molecule has 2 bridgehead atoms. The van der Waals surface area contributed by atoms with Crippen LogP contribution in [0.5, 0.6) is 0 Å². The molecule has 5 rings (SSSR count). The van der Waals surface area contributed by atoms with Gasteiger partial charge in [-0.2, -0.15) is 0 Å². The smallest absolute Gasteiger partial charge is 0.329 e. The van der Waals surface area contributed by atoms with Gasteiger partial charge in [0.25, 0.3) is 11.7 Å². The molecular weight excluding hydrogens is 961 g/mol. The summed E-state index contributed by atoms with van der Waals surface area (Å²) in [6.07, 6.45) is 16.6. The van der Waals surface area contributed by atoms with Gasteiger partial charge < -0.3 is 43.5 Å². The molecule has 1 aromatic rings. The van der Waals surface area contributed by atoms with Gasteiger partial charge in [-0.1, -0.05) is 76.3 Å². The highest BCUT2D eigenvalue weighted by atomic mass is 16.6. The highest BCUT2D eigenvalue weighted by molar-refractivity contribution is 6.39. The summed E-state index contributed by atoms with van der Waals surface area (Å²) in [7, 11) is 6.37. The van der Waals surface area contributed by atoms with Crippen LogP contribution in [0.3, 0.4) is 0 Å². The third kappa shape index (κ3) is 16.9. The minimum absolute atomic E-state index is 0.0111. The minimum atomic E-state index is -2.43. The lowest BCUT2D eigenvalue weighted by atomic mass is 9.74. The molecule has 3 aliphatic heterocycles. The molecule has 1 aromatic heterocycles. The molecule has 2 saturated heterocycles. The lowest BCUT2D eigenvalue weighted by Gasteiger charge is -2.42. The van der Waals surface area contributed by atoms with Crippen molar-refractivity contribution in [2.24, 2.45) is 41.4 Å². The number of carbonyl (C=O) groups excluding carboxylic acids is 5. The Labute approximate surface area is 446 Å². The molecule has 17 nitrogen and oxygen atoms in total. The van der Waals surface area contributed by atoms with Crippen molar-refractivity contribution >= 4 is 29.2 Å². The summed E-state index contributed by atoms with van der Waals surface area (Å²) >= 11 is 0. The Hall–Kier alpha value is -4.23. The van der Waals surface area contributed by atoms with Crippen molar-refractivity contribution in [2.45, 2.75) is 193 Å². The summed E-state index contributed by atoms with van der Waals surface area (Å²) in [4.78, 5) is 72.8. The van der Waals surface area contributed by atoms with E-state index in [4.69, 9.17) is 28.4 Å². The van der Waals surface area contributed by atoms with Gasteiger partial charge in [0.05, 0.1) is 37.2 Å². The fraction of sp³-hybridized carbons (Fsp3) is 0.741. The number of esters is 1. The Balaban J connectivity index is 1.42. The first-order valence-electron chi connectivity index (χ1n) is 27.6. The van der Waals surface area contributed by atoms with E-state index in [0.717, 1.165) is 43.4 Å². The van der Waals surface area contributed by atoms with Gasteiger partial charge in [0.1, 0.15) is 30.1 Å². The monoisotopic (exact) mass is 1050 g/mol. The number of cyclic esters (lactones) is 1. The maximum Gasteiger partial charge on any atom is 0.329 e. The topological polar surface area (TPSA) is 215 Å². The molecule has 17 heteroatoms. The Bertz CT molecular complexity index is 2170. The molecule has 0 spiro atoms. The molecule has 420 valence electrons. The maximum absolute atomic E-state index is 14.6. The molecular formula is C58H90N4O13. The van der Waals surface area contributed by atoms with E-state index >= 15 is 0 Å². The van der Waals surface area contributed by atoms with Crippen LogP contribution in [-0.4, -0.2) is 149 Å². The van der Waals surface area contributed by atoms with E-state index in [1.54, 1.807) is 52.9 Å². The molecule has 4 heterocycles. The number of fused-ring (bicyclic) bond motifs is 3. The zero-order valence-electron chi connectivity index (χ0n) is 46.8. The van der Waals surface area contributed by atoms with Gasteiger partial charge in [-0.05, 0) is 126 Å². The number of hydrogen-bond acceptors (Lipinski definition) is 15. The van der Waals surface area contributed by atoms with Crippen LogP contribution < -0.4 is 0 Å². The second-order valence-corrected chi connectivity index (χ2v) is 22.3. The number of ketones is 3. The predicted molar refractivity (Wildman–Crippen MR) is 283 cm³/mol. The van der Waals surface area contributed by atoms with E-state index in [1.807, 2.05) is 64.3 Å². The Morgan fingerprint density at radius 2 is 1.64 bits per heavy atom. The van der Waals surface area contributed by atoms with Crippen molar-refractivity contribution < 1.29 is 62.6 Å². The molecule has 2 N–H and O–H groups in total. The van der Waals surface area contributed by atoms with Gasteiger partial charge in [-0.15, -0.1) is 5.10 Å². The first-order valence-corrected chi connectivity index (χ1v) is 27.6. The fourth-order valence-corrected chi connectivity index (χ4v) is 11.6. The van der Waals surface area contributed by atoms with Crippen LogP contribution in [0.15, 0.2) is 53.8 Å². The minimum Gasteiger partial charge on any atom is -0.460 e. The van der Waals surface area contributed by atoms with Crippen LogP contribution in [0.25, 0.3) is 0 Å². The molecule has 0 aromatic carbocycles. The normalized spacial score (nSPS) is 36.6. The number of hydrogen-bond donors (Lipinski definition) is 2. The van der Waals surface area contributed by atoms with Crippen LogP contribution in [-0.2, 0) is 65.4 Å². The molecule has 1 amide bonds. The first kappa shape index (κ1) is 61.6. The van der Waals surface area contributed by atoms with Crippen molar-refractivity contribution in [2.75, 3.05) is 41.6 Å². The van der Waals surface area contributed by atoms with Crippen LogP contribution in [0, 0.1) is 41.4 Å². The van der Waals surface area contributed by atoms with Crippen molar-refractivity contribution in [3.8, 4) is 0 Å². The number of aliphatic hydroxyl groups is 2. The van der Waals surface area contributed by atoms with Gasteiger partial charge in [0.2, 0.25) is 5.79 Å². The van der Waals surface area contributed by atoms with Gasteiger partial charge >= 0.3 is 5.97 Å². The second kappa shape index (κ2) is 29.5. The Morgan fingerprint density at radius 1 is 0.880 bits per heavy atom. The fourth-order valence-electron chi connectivity index (χ4n) is 11.6. The number of ether oxygens (including phenoxy) is 6. The zero-order chi connectivity index (χ0) is 55.0. The predicted octanol–water partition coefficient (Wildman–Crippen LogP) is 7.31. The number of aromatic nitrogens is 3. The summed E-state index contributed by atoms with van der Waals surface area (Å²) in [6.45, 7) is 14.1. The van der Waals surface area contributed by atoms with Crippen molar-refractivity contribution in [3.05, 3.63) is 59.5 Å². The highest BCUT2D eigenvalue weighted by Crippen LogP contribution is 2.39. The average Bonchev–Trinajstić information content (AvgIpc) is 3.86. The molecule has 1 saturated carbocycles. The number of aliphatic hydroxyl groups excluding tert-OH is 1. The molecule has 15 atom stereocenters. The first-order chi connectivity index (χ1) is 35.7. The van der Waals surface area contributed by atoms with Crippen molar-refractivity contribution in [1.82, 2.24) is 19.9 Å². The van der Waals surface area contributed by atoms with Gasteiger partial charge in [-0.25, -0.2) is 9.48 Å². The third-order valence-corrected chi connectivity index (χ3v) is 16.5. The van der Waals surface area contributed by atoms with Crippen LogP contribution >= 0.6 is 0 Å². The largest absolute Gasteiger partial charge is 0.460 e. The van der Waals surface area contributed by atoms with Crippen LogP contribution in [0.4, 0.5) is 0 Å². The Kier molecular flexibility index (Phi) is 24.2. The average molecular weight is 1050 g/mol. The SMILES string of the molecule is COCCn1cc(CC[C@@H]2CC[C@@H](C[C@@H](C)[C@@H]3CC(=O)[C@H](C)/C=C(\C)[C@@H](O)[C@@H](OC)C(=O)[C@H](C)C[C@H](C)/C=C/C=C/C=C(\C)[C@@H](OC)C[C@@H]4CC[C@@H](C)[C@@](O)(O4)C(=O)C(=O)N4CCCC[C@H]4C(=O)O3)C[C@H]2OC)nn1. The van der Waals surface area contributed by atoms with Gasteiger partial charge in [-0.3, -0.25) is 19.2 Å². The molecule has 75 heavy (non-hydrogen) atoms. The molecule has 0 unspecified atom stereocenters. The summed E-state index contributed by atoms with van der Waals surface area (Å²) < 4.78 is 37.1. The number of carbonyl (C=O) groups is 5. The Morgan fingerprint density at radius 3 is 2.35 bits per heavy atom. The summed E-state index contributed by atoms with van der Waals surface area (Å²) in [5, 5.41) is 32.2. The van der Waals surface area contributed by atoms with E-state index < -0.39 is 77.8 Å². The number of Topliss-reactive ketones (excluding diaryl/α,β-unsaturated/α-hetero) is 3. The lowest BCUT2D eigenvalue weighted by Crippen LogP contribution is -2.61. The number of piperidine rings is 1. The van der Waals surface area contributed by atoms with Crippen molar-refractivity contribution in [3.63, 3.8) is 0 Å². The third-order valence-electron chi connectivity index (χ3n) is 16.5. The number of nitrogens with zero attached hydrogens (tertiary/aromatic N) is 4. The number of allylic oxidation sites excluding steroid dienone is 6. The number of rotatable bonds is 12. The summed E-state index contributed by atoms with van der Waals surface area (Å²) in [5.41, 5.74) is 2.20. The second-order valence-electron chi connectivity index (χ2n) is 22.3. The van der Waals surface area contributed by atoms with Crippen LogP contribution in [0.1, 0.15) is 138 Å². The maximum atomic E-state index is 14.6. The molecule has 3 fully saturated rings. The summed E-state index contributed by atoms with van der Waals surface area (Å²) in [5.74, 6) is -7.49. The quantitative estimate of drug-likeness (QED) is 0.119. The summed E-state index contributed by atoms with van der Waals surface area (Å²) in [6, 6.07) is -1.14. The van der Waals surface area contributed by atoms with E-state index in [1.165, 1.54) is 12.0 Å². The standard InChI is InChI=1S/C58H90N4O13/c1-36-17-13-12-14-18-37(2)49(71-9)33-46-25-20-42(7)58(69,75-46)55(66)56(67)62-26-16-15-19-47(62)57(68)74-50(34-48(63)38(3)30-41(6)53(65)54(73-11)52(64)40(5)29-36)39(4)31-43-21-22-44(51(32-43)72-10)23-24-45-35-61(60-59-45)27-28-70-8/h12-14,17-18,30,35-36,38-40,42-44,46-47,49-51,53-54,65,69H,15-16,19-29,31-34H2,1-11H3/b14-12+,17-13+,37-18+,41-30+/t36-,38-,39-,40-,42-,43+,44+,46+,47+,49+,50+,51-,53-,54+,58-/m1/s1. The molecule has 1 aliphatic carbocycles. The zero-order valence-corrected chi connectivity index (χ0v) is 46.8. The lowest BCUT2D eigenvalue weighted by molar-refractivity contribution is -0.265. The molecule has 4 aliphatic rings. The highest BCUT2D eigenvalue weighted by Gasteiger charge is 2.53. The van der Waals surface area contributed by atoms with E-state index in [9.17, 15) is 34.2 Å². The van der Waals surface area contributed by atoms with Crippen molar-refractivity contribution in [1.29, 1.82) is 0 Å². The van der Waals surface area contributed by atoms with Gasteiger partial charge in [0, 0.05) is 71.8 Å². The van der Waals surface area contributed by atoms with E-state index in [-0.39, 0.29) is 54.8 Å². The van der Waals surface area contributed by atoms with E-state index in [2.05, 4.69) is 10.3 Å². The number of amides is 1. The van der Waals surface area contributed by atoms with Gasteiger partial charge in [0.15, 0.2) is 5.78 Å². The number of aryl methyl sites for hydroxylation is 1. The van der Waals surface area contributed by atoms with Crippen LogP contribution in [0.2, 0.25) is 0 Å². The number of methoxy groups -OCH3 is 4. The molecule has 0 radical (unpaired) electrons. The van der Waals surface area contributed by atoms with E-state index in [0.29, 0.717) is 69.6 Å².